The van der Waals surface area contributed by atoms with Gasteiger partial charge in [-0.05, 0) is 39.0 Å². The van der Waals surface area contributed by atoms with Crippen molar-refractivity contribution in [2.24, 2.45) is 0 Å². The Balaban J connectivity index is 1.50. The van der Waals surface area contributed by atoms with Crippen molar-refractivity contribution in [3.05, 3.63) is 48.9 Å². The van der Waals surface area contributed by atoms with E-state index in [4.69, 9.17) is 18.5 Å². The minimum atomic E-state index is -4.21. The van der Waals surface area contributed by atoms with E-state index in [1.807, 2.05) is 5.48 Å². The van der Waals surface area contributed by atoms with Gasteiger partial charge in [0.05, 0.1) is 18.1 Å². The highest BCUT2D eigenvalue weighted by molar-refractivity contribution is 7.52. The molecule has 1 fully saturated rings. The largest absolute Gasteiger partial charge is 0.462 e. The Morgan fingerprint density at radius 3 is 2.58 bits per heavy atom. The lowest BCUT2D eigenvalue weighted by Gasteiger charge is -2.25. The van der Waals surface area contributed by atoms with Crippen LogP contribution in [0.15, 0.2) is 48.9 Å². The zero-order chi connectivity index (χ0) is 27.4. The molecule has 0 radical (unpaired) electrons. The number of nitrogens with one attached hydrogen (secondary N) is 2. The van der Waals surface area contributed by atoms with Gasteiger partial charge in [0.1, 0.15) is 42.1 Å². The number of carbonyl (C=O) groups is 1. The summed E-state index contributed by atoms with van der Waals surface area (Å²) >= 11 is 0. The fourth-order valence-corrected chi connectivity index (χ4v) is 5.37. The lowest BCUT2D eigenvalue weighted by Crippen LogP contribution is -2.38. The number of rotatable bonds is 11. The number of esters is 1. The molecule has 4 rings (SSSR count). The Labute approximate surface area is 218 Å². The number of anilines is 1. The Morgan fingerprint density at radius 1 is 1.16 bits per heavy atom. The molecule has 38 heavy (non-hydrogen) atoms. The highest BCUT2D eigenvalue weighted by Crippen LogP contribution is 2.46. The molecule has 1 aliphatic heterocycles. The first-order valence-corrected chi connectivity index (χ1v) is 13.4. The van der Waals surface area contributed by atoms with Crippen LogP contribution in [0.3, 0.4) is 0 Å². The fourth-order valence-electron chi connectivity index (χ4n) is 3.87. The zero-order valence-corrected chi connectivity index (χ0v) is 21.8. The minimum absolute atomic E-state index is 0.150. The molecular formula is C23H30N5O9P. The van der Waals surface area contributed by atoms with E-state index in [0.717, 1.165) is 0 Å². The summed E-state index contributed by atoms with van der Waals surface area (Å²) in [5.74, 6) is -0.298. The monoisotopic (exact) mass is 551 g/mol. The standard InChI is InChI=1S/C23H30N5O9P/c1-13(2)35-23(31)14(3)27-38(33,37-15-7-5-4-6-8-15)34-11-17-18(29)19(30)22(36-17)28-10-9-16-20(26-32)24-12-25-21(16)28/h4-10,12-14,17-19,22,29-30,32H,11H2,1-3H3,(H,27,33)(H,24,25,26)/t14-,17+,18+,19+,22+,38?/m0/s1. The summed E-state index contributed by atoms with van der Waals surface area (Å²) in [6.45, 7) is 4.35. The quantitative estimate of drug-likeness (QED) is 0.132. The number of aromatic nitrogens is 3. The number of ether oxygens (including phenoxy) is 2. The van der Waals surface area contributed by atoms with E-state index >= 15 is 0 Å². The maximum Gasteiger partial charge on any atom is 0.459 e. The van der Waals surface area contributed by atoms with E-state index in [-0.39, 0.29) is 17.7 Å². The lowest BCUT2D eigenvalue weighted by atomic mass is 10.1. The van der Waals surface area contributed by atoms with Crippen molar-refractivity contribution in [2.75, 3.05) is 12.1 Å². The van der Waals surface area contributed by atoms with Gasteiger partial charge in [0, 0.05) is 6.20 Å². The van der Waals surface area contributed by atoms with Gasteiger partial charge in [0.2, 0.25) is 0 Å². The molecule has 2 aromatic heterocycles. The van der Waals surface area contributed by atoms with Crippen LogP contribution in [0.25, 0.3) is 11.0 Å². The number of carbonyl (C=O) groups excluding carboxylic acids is 1. The molecule has 0 saturated carbocycles. The molecule has 5 N–H and O–H groups in total. The van der Waals surface area contributed by atoms with Crippen molar-refractivity contribution in [2.45, 2.75) is 57.5 Å². The zero-order valence-electron chi connectivity index (χ0n) is 20.9. The third-order valence-electron chi connectivity index (χ3n) is 5.66. The van der Waals surface area contributed by atoms with Gasteiger partial charge in [0.15, 0.2) is 12.0 Å². The van der Waals surface area contributed by atoms with Crippen LogP contribution in [0.4, 0.5) is 5.82 Å². The molecule has 0 aliphatic carbocycles. The molecule has 0 bridgehead atoms. The number of nitrogens with zero attached hydrogens (tertiary/aromatic N) is 3. The van der Waals surface area contributed by atoms with E-state index < -0.39 is 50.9 Å². The summed E-state index contributed by atoms with van der Waals surface area (Å²) in [7, 11) is -4.21. The van der Waals surface area contributed by atoms with Gasteiger partial charge in [0.25, 0.3) is 0 Å². The second-order valence-electron chi connectivity index (χ2n) is 8.87. The van der Waals surface area contributed by atoms with E-state index in [9.17, 15) is 24.8 Å². The predicted molar refractivity (Wildman–Crippen MR) is 133 cm³/mol. The van der Waals surface area contributed by atoms with Gasteiger partial charge >= 0.3 is 13.7 Å². The molecule has 6 atom stereocenters. The molecule has 1 aliphatic rings. The average Bonchev–Trinajstić information content (AvgIpc) is 3.43. The molecular weight excluding hydrogens is 521 g/mol. The maximum atomic E-state index is 13.7. The van der Waals surface area contributed by atoms with Gasteiger partial charge in [-0.3, -0.25) is 20.0 Å². The third kappa shape index (κ3) is 6.13. The summed E-state index contributed by atoms with van der Waals surface area (Å²) < 4.78 is 37.3. The van der Waals surface area contributed by atoms with Crippen molar-refractivity contribution < 1.29 is 43.3 Å². The number of para-hydroxylation sites is 1. The van der Waals surface area contributed by atoms with E-state index in [1.54, 1.807) is 56.4 Å². The highest BCUT2D eigenvalue weighted by atomic mass is 31.2. The van der Waals surface area contributed by atoms with E-state index in [1.165, 1.54) is 17.8 Å². The van der Waals surface area contributed by atoms with Crippen LogP contribution in [0.5, 0.6) is 5.75 Å². The maximum absolute atomic E-state index is 13.7. The first-order chi connectivity index (χ1) is 18.1. The van der Waals surface area contributed by atoms with Crippen LogP contribution in [0.2, 0.25) is 0 Å². The number of benzene rings is 1. The lowest BCUT2D eigenvalue weighted by molar-refractivity contribution is -0.149. The Morgan fingerprint density at radius 2 is 1.89 bits per heavy atom. The molecule has 0 amide bonds. The number of hydrogen-bond acceptors (Lipinski definition) is 12. The topological polar surface area (TPSA) is 187 Å². The predicted octanol–water partition coefficient (Wildman–Crippen LogP) is 1.98. The van der Waals surface area contributed by atoms with Crippen molar-refractivity contribution in [1.29, 1.82) is 0 Å². The SMILES string of the molecule is CC(C)OC(=O)[C@H](C)NP(=O)(OC[C@H]1O[C@@H](n2ccc3c(NO)ncnc32)[C@H](O)[C@@H]1O)Oc1ccccc1. The van der Waals surface area contributed by atoms with Crippen LogP contribution in [0, 0.1) is 0 Å². The van der Waals surface area contributed by atoms with Crippen molar-refractivity contribution in [1.82, 2.24) is 19.6 Å². The summed E-state index contributed by atoms with van der Waals surface area (Å²) in [6, 6.07) is 8.75. The number of hydrogen-bond donors (Lipinski definition) is 5. The molecule has 1 saturated heterocycles. The van der Waals surface area contributed by atoms with Crippen molar-refractivity contribution >= 4 is 30.6 Å². The van der Waals surface area contributed by atoms with Crippen LogP contribution in [-0.2, 0) is 23.4 Å². The first kappa shape index (κ1) is 27.9. The molecule has 1 aromatic carbocycles. The Hall–Kier alpha value is -3.10. The normalized spacial score (nSPS) is 23.8. The highest BCUT2D eigenvalue weighted by Gasteiger charge is 2.46. The molecule has 0 spiro atoms. The molecule has 14 nitrogen and oxygen atoms in total. The smallest absolute Gasteiger partial charge is 0.459 e. The second kappa shape index (κ2) is 11.7. The molecule has 206 valence electrons. The second-order valence-corrected chi connectivity index (χ2v) is 10.6. The van der Waals surface area contributed by atoms with E-state index in [0.29, 0.717) is 11.0 Å². The van der Waals surface area contributed by atoms with Crippen molar-refractivity contribution in [3.8, 4) is 5.75 Å². The van der Waals surface area contributed by atoms with Gasteiger partial charge in [-0.25, -0.2) is 14.5 Å². The van der Waals surface area contributed by atoms with Crippen molar-refractivity contribution in [3.63, 3.8) is 0 Å². The number of aliphatic hydroxyl groups is 2. The summed E-state index contributed by atoms with van der Waals surface area (Å²) in [4.78, 5) is 20.4. The van der Waals surface area contributed by atoms with Crippen LogP contribution < -0.4 is 15.1 Å². The molecule has 1 unspecified atom stereocenters. The molecule has 3 aromatic rings. The Kier molecular flexibility index (Phi) is 8.63. The van der Waals surface area contributed by atoms with Gasteiger partial charge in [-0.15, -0.1) is 0 Å². The van der Waals surface area contributed by atoms with Gasteiger partial charge in [-0.2, -0.15) is 5.09 Å². The molecule has 15 heteroatoms. The summed E-state index contributed by atoms with van der Waals surface area (Å²) in [6.07, 6.45) is -2.66. The van der Waals surface area contributed by atoms with Gasteiger partial charge < -0.3 is 28.8 Å². The van der Waals surface area contributed by atoms with Crippen LogP contribution in [-0.4, -0.2) is 73.0 Å². The number of fused-ring (bicyclic) bond motifs is 1. The summed E-state index contributed by atoms with van der Waals surface area (Å²) in [5.41, 5.74) is 2.30. The molecule has 3 heterocycles. The van der Waals surface area contributed by atoms with Crippen LogP contribution >= 0.6 is 7.75 Å². The number of aliphatic hydroxyl groups excluding tert-OH is 2. The van der Waals surface area contributed by atoms with Gasteiger partial charge in [-0.1, -0.05) is 18.2 Å². The Bertz CT molecular complexity index is 1290. The average molecular weight is 551 g/mol. The first-order valence-electron chi connectivity index (χ1n) is 11.8. The summed E-state index contributed by atoms with van der Waals surface area (Å²) in [5, 5.41) is 33.7. The fraction of sp³-hybridized carbons (Fsp3) is 0.435. The van der Waals surface area contributed by atoms with E-state index in [2.05, 4.69) is 15.1 Å². The third-order valence-corrected chi connectivity index (χ3v) is 7.30. The van der Waals surface area contributed by atoms with Crippen LogP contribution in [0.1, 0.15) is 27.0 Å². The minimum Gasteiger partial charge on any atom is -0.462 e.